The maximum Gasteiger partial charge on any atom is 0.292 e. The van der Waals surface area contributed by atoms with E-state index in [4.69, 9.17) is 4.74 Å². The van der Waals surface area contributed by atoms with E-state index in [1.165, 1.54) is 0 Å². The number of para-hydroxylation sites is 1. The molecule has 0 amide bonds. The first-order valence-corrected chi connectivity index (χ1v) is 8.62. The third kappa shape index (κ3) is 2.65. The molecule has 2 aliphatic rings. The average Bonchev–Trinajstić information content (AvgIpc) is 3.11. The third-order valence-electron chi connectivity index (χ3n) is 5.12. The first-order chi connectivity index (χ1) is 12.2. The van der Waals surface area contributed by atoms with Crippen LogP contribution in [0, 0.1) is 16.0 Å². The van der Waals surface area contributed by atoms with Crippen LogP contribution in [0.15, 0.2) is 54.6 Å². The van der Waals surface area contributed by atoms with Crippen LogP contribution in [0.5, 0.6) is 5.75 Å². The number of rotatable bonds is 4. The Labute approximate surface area is 146 Å². The zero-order valence-electron chi connectivity index (χ0n) is 14.0. The highest BCUT2D eigenvalue weighted by atomic mass is 16.6. The molecule has 0 spiro atoms. The Bertz CT molecular complexity index is 829. The number of anilines is 1. The number of fused-ring (bicyclic) bond motifs is 3. The number of hydrogen-bond acceptors (Lipinski definition) is 4. The number of nitrogens with zero attached hydrogens (tertiary/aromatic N) is 1. The summed E-state index contributed by atoms with van der Waals surface area (Å²) in [5, 5.41) is 14.9. The lowest BCUT2D eigenvalue weighted by molar-refractivity contribution is -0.384. The van der Waals surface area contributed by atoms with Gasteiger partial charge in [0.2, 0.25) is 0 Å². The Morgan fingerprint density at radius 2 is 2.04 bits per heavy atom. The highest BCUT2D eigenvalue weighted by molar-refractivity contribution is 5.71. The molecule has 128 valence electrons. The van der Waals surface area contributed by atoms with Crippen molar-refractivity contribution in [2.45, 2.75) is 25.3 Å². The van der Waals surface area contributed by atoms with E-state index in [1.54, 1.807) is 12.1 Å². The molecular formula is C20H20N2O3. The van der Waals surface area contributed by atoms with Crippen molar-refractivity contribution in [1.29, 1.82) is 0 Å². The number of nitro benzene ring substituents is 1. The molecular weight excluding hydrogens is 316 g/mol. The molecule has 1 N–H and O–H groups in total. The van der Waals surface area contributed by atoms with Gasteiger partial charge in [-0.1, -0.05) is 36.4 Å². The van der Waals surface area contributed by atoms with Gasteiger partial charge in [-0.15, -0.1) is 0 Å². The van der Waals surface area contributed by atoms with E-state index in [0.29, 0.717) is 18.2 Å². The second-order valence-electron chi connectivity index (χ2n) is 6.48. The fourth-order valence-corrected chi connectivity index (χ4v) is 4.03. The molecule has 2 aromatic carbocycles. The van der Waals surface area contributed by atoms with Gasteiger partial charge in [-0.25, -0.2) is 0 Å². The van der Waals surface area contributed by atoms with E-state index in [2.05, 4.69) is 29.6 Å². The Morgan fingerprint density at radius 1 is 1.24 bits per heavy atom. The summed E-state index contributed by atoms with van der Waals surface area (Å²) in [6.45, 7) is 2.59. The molecule has 1 heterocycles. The monoisotopic (exact) mass is 336 g/mol. The molecule has 1 aliphatic heterocycles. The zero-order valence-corrected chi connectivity index (χ0v) is 14.0. The number of nitrogens with one attached hydrogen (secondary N) is 1. The van der Waals surface area contributed by atoms with E-state index >= 15 is 0 Å². The third-order valence-corrected chi connectivity index (χ3v) is 5.12. The van der Waals surface area contributed by atoms with Crippen LogP contribution in [0.25, 0.3) is 0 Å². The van der Waals surface area contributed by atoms with Crippen molar-refractivity contribution >= 4 is 11.4 Å². The van der Waals surface area contributed by atoms with Crippen LogP contribution in [0.3, 0.4) is 0 Å². The van der Waals surface area contributed by atoms with Gasteiger partial charge in [-0.05, 0) is 42.5 Å². The van der Waals surface area contributed by atoms with E-state index < -0.39 is 0 Å². The summed E-state index contributed by atoms with van der Waals surface area (Å²) in [6, 6.07) is 13.4. The molecule has 3 unspecified atom stereocenters. The first kappa shape index (κ1) is 15.7. The molecule has 4 rings (SSSR count). The summed E-state index contributed by atoms with van der Waals surface area (Å²) >= 11 is 0. The fourth-order valence-electron chi connectivity index (χ4n) is 4.03. The quantitative estimate of drug-likeness (QED) is 0.494. The maximum absolute atomic E-state index is 11.5. The van der Waals surface area contributed by atoms with Gasteiger partial charge in [0.1, 0.15) is 11.4 Å². The minimum Gasteiger partial charge on any atom is -0.494 e. The standard InChI is InChI=1S/C20H20N2O3/c1-2-25-14-11-9-13(10-12-14)19-16-6-3-5-15(16)17-7-4-8-18(22(23)24)20(17)21-19/h3-5,7-12,15-16,19,21H,2,6H2,1H3. The van der Waals surface area contributed by atoms with Gasteiger partial charge >= 0.3 is 0 Å². The van der Waals surface area contributed by atoms with Crippen molar-refractivity contribution in [2.75, 3.05) is 11.9 Å². The molecule has 5 heteroatoms. The van der Waals surface area contributed by atoms with Crippen LogP contribution in [0.1, 0.15) is 36.4 Å². The van der Waals surface area contributed by atoms with E-state index in [0.717, 1.165) is 23.3 Å². The Balaban J connectivity index is 1.74. The van der Waals surface area contributed by atoms with Crippen LogP contribution in [-0.4, -0.2) is 11.5 Å². The smallest absolute Gasteiger partial charge is 0.292 e. The normalized spacial score (nSPS) is 23.5. The Morgan fingerprint density at radius 3 is 2.76 bits per heavy atom. The van der Waals surface area contributed by atoms with Crippen molar-refractivity contribution in [3.05, 3.63) is 75.9 Å². The molecule has 5 nitrogen and oxygen atoms in total. The molecule has 2 aromatic rings. The van der Waals surface area contributed by atoms with E-state index in [-0.39, 0.29) is 22.6 Å². The van der Waals surface area contributed by atoms with Crippen molar-refractivity contribution in [3.8, 4) is 5.75 Å². The summed E-state index contributed by atoms with van der Waals surface area (Å²) in [4.78, 5) is 11.2. The average molecular weight is 336 g/mol. The number of benzene rings is 2. The van der Waals surface area contributed by atoms with Crippen LogP contribution < -0.4 is 10.1 Å². The van der Waals surface area contributed by atoms with Crippen LogP contribution in [0.2, 0.25) is 0 Å². The highest BCUT2D eigenvalue weighted by Gasteiger charge is 2.40. The van der Waals surface area contributed by atoms with Gasteiger partial charge in [0.05, 0.1) is 17.6 Å². The molecule has 0 bridgehead atoms. The summed E-state index contributed by atoms with van der Waals surface area (Å²) < 4.78 is 5.52. The molecule has 3 atom stereocenters. The second kappa shape index (κ2) is 6.24. The van der Waals surface area contributed by atoms with Gasteiger partial charge in [0.15, 0.2) is 0 Å². The molecule has 1 aliphatic carbocycles. The van der Waals surface area contributed by atoms with Crippen molar-refractivity contribution in [2.24, 2.45) is 5.92 Å². The minimum atomic E-state index is -0.305. The largest absolute Gasteiger partial charge is 0.494 e. The maximum atomic E-state index is 11.5. The lowest BCUT2D eigenvalue weighted by atomic mass is 9.77. The number of nitro groups is 1. The van der Waals surface area contributed by atoms with Crippen molar-refractivity contribution in [1.82, 2.24) is 0 Å². The molecule has 0 saturated heterocycles. The second-order valence-corrected chi connectivity index (χ2v) is 6.48. The molecule has 25 heavy (non-hydrogen) atoms. The van der Waals surface area contributed by atoms with E-state index in [1.807, 2.05) is 25.1 Å². The van der Waals surface area contributed by atoms with Gasteiger partial charge in [-0.2, -0.15) is 0 Å². The van der Waals surface area contributed by atoms with Crippen molar-refractivity contribution < 1.29 is 9.66 Å². The van der Waals surface area contributed by atoms with Crippen molar-refractivity contribution in [3.63, 3.8) is 0 Å². The number of allylic oxidation sites excluding steroid dienone is 2. The highest BCUT2D eigenvalue weighted by Crippen LogP contribution is 2.52. The Kier molecular flexibility index (Phi) is 3.92. The van der Waals surface area contributed by atoms with Crippen LogP contribution >= 0.6 is 0 Å². The summed E-state index contributed by atoms with van der Waals surface area (Å²) in [6.07, 6.45) is 5.35. The number of ether oxygens (including phenoxy) is 1. The lowest BCUT2D eigenvalue weighted by Crippen LogP contribution is -2.29. The molecule has 0 aromatic heterocycles. The molecule has 0 radical (unpaired) electrons. The predicted octanol–water partition coefficient (Wildman–Crippen LogP) is 4.82. The van der Waals surface area contributed by atoms with Gasteiger partial charge in [-0.3, -0.25) is 10.1 Å². The van der Waals surface area contributed by atoms with E-state index in [9.17, 15) is 10.1 Å². The van der Waals surface area contributed by atoms with Crippen LogP contribution in [-0.2, 0) is 0 Å². The first-order valence-electron chi connectivity index (χ1n) is 8.62. The summed E-state index contributed by atoms with van der Waals surface area (Å²) in [5.41, 5.74) is 2.95. The number of hydrogen-bond donors (Lipinski definition) is 1. The topological polar surface area (TPSA) is 64.4 Å². The molecule has 0 saturated carbocycles. The van der Waals surface area contributed by atoms with Gasteiger partial charge in [0, 0.05) is 12.0 Å². The SMILES string of the molecule is CCOc1ccc(C2Nc3c(cccc3[N+](=O)[O-])C3C=CCC32)cc1. The summed E-state index contributed by atoms with van der Waals surface area (Å²) in [5.74, 6) is 1.43. The minimum absolute atomic E-state index is 0.0456. The van der Waals surface area contributed by atoms with Crippen LogP contribution in [0.4, 0.5) is 11.4 Å². The summed E-state index contributed by atoms with van der Waals surface area (Å²) in [7, 11) is 0. The zero-order chi connectivity index (χ0) is 17.4. The predicted molar refractivity (Wildman–Crippen MR) is 97.1 cm³/mol. The lowest BCUT2D eigenvalue weighted by Gasteiger charge is -2.37. The fraction of sp³-hybridized carbons (Fsp3) is 0.300. The van der Waals surface area contributed by atoms with Gasteiger partial charge < -0.3 is 10.1 Å². The molecule has 0 fully saturated rings. The Hall–Kier alpha value is -2.82. The van der Waals surface area contributed by atoms with Gasteiger partial charge in [0.25, 0.3) is 5.69 Å².